The van der Waals surface area contributed by atoms with Gasteiger partial charge >= 0.3 is 0 Å². The largest absolute Gasteiger partial charge is 0.493 e. The number of hydrogen-bond acceptors (Lipinski definition) is 1. The second kappa shape index (κ2) is 8.00. The molecular weight excluding hydrogens is 275 g/mol. The molecule has 1 nitrogen and oxygen atoms in total. The molecule has 0 atom stereocenters. The Morgan fingerprint density at radius 2 is 1.93 bits per heavy atom. The van der Waals surface area contributed by atoms with Gasteiger partial charge in [-0.2, -0.15) is 0 Å². The van der Waals surface area contributed by atoms with Crippen molar-refractivity contribution in [3.8, 4) is 5.75 Å². The number of ether oxygens (including phenoxy) is 1. The summed E-state index contributed by atoms with van der Waals surface area (Å²) in [5.74, 6) is 1.73. The molecule has 0 saturated carbocycles. The summed E-state index contributed by atoms with van der Waals surface area (Å²) in [6.45, 7) is 0.779. The normalized spacial score (nSPS) is 10.3. The van der Waals surface area contributed by atoms with Crippen LogP contribution in [0.2, 0.25) is 0 Å². The standard InChI is InChI=1S/C12H16BrClO/c13-10-11-6-2-3-7-12(11)15-9-5-1-4-8-14/h2-3,6-7H,1,4-5,8-10H2. The van der Waals surface area contributed by atoms with E-state index in [1.54, 1.807) is 0 Å². The Labute approximate surface area is 105 Å². The SMILES string of the molecule is ClCCCCCOc1ccccc1CBr. The van der Waals surface area contributed by atoms with Crippen molar-refractivity contribution in [2.24, 2.45) is 0 Å². The Kier molecular flexibility index (Phi) is 6.86. The van der Waals surface area contributed by atoms with E-state index in [9.17, 15) is 0 Å². The van der Waals surface area contributed by atoms with E-state index < -0.39 is 0 Å². The quantitative estimate of drug-likeness (QED) is 0.535. The van der Waals surface area contributed by atoms with Crippen LogP contribution in [0.15, 0.2) is 24.3 Å². The van der Waals surface area contributed by atoms with Gasteiger partial charge in [0.15, 0.2) is 0 Å². The van der Waals surface area contributed by atoms with Crippen LogP contribution in [-0.2, 0) is 5.33 Å². The topological polar surface area (TPSA) is 9.23 Å². The van der Waals surface area contributed by atoms with Gasteiger partial charge in [-0.1, -0.05) is 34.1 Å². The second-order valence-electron chi connectivity index (χ2n) is 3.34. The predicted octanol–water partition coefficient (Wildman–Crippen LogP) is 4.37. The Hall–Kier alpha value is -0.210. The smallest absolute Gasteiger partial charge is 0.123 e. The van der Waals surface area contributed by atoms with E-state index in [0.29, 0.717) is 0 Å². The molecule has 0 heterocycles. The fourth-order valence-corrected chi connectivity index (χ4v) is 1.96. The molecule has 0 aliphatic rings. The highest BCUT2D eigenvalue weighted by molar-refractivity contribution is 9.08. The Bertz CT molecular complexity index is 278. The van der Waals surface area contributed by atoms with Gasteiger partial charge in [0.1, 0.15) is 5.75 Å². The molecule has 0 aliphatic carbocycles. The number of benzene rings is 1. The summed E-state index contributed by atoms with van der Waals surface area (Å²) >= 11 is 9.04. The maximum atomic E-state index is 5.70. The molecule has 0 aromatic heterocycles. The molecule has 0 unspecified atom stereocenters. The third-order valence-corrected chi connectivity index (χ3v) is 3.02. The Balaban J connectivity index is 2.30. The van der Waals surface area contributed by atoms with Crippen LogP contribution in [-0.4, -0.2) is 12.5 Å². The van der Waals surface area contributed by atoms with Gasteiger partial charge in [0.2, 0.25) is 0 Å². The first-order valence-corrected chi connectivity index (χ1v) is 6.86. The summed E-state index contributed by atoms with van der Waals surface area (Å²) in [4.78, 5) is 0. The number of halogens is 2. The minimum atomic E-state index is 0.748. The van der Waals surface area contributed by atoms with Gasteiger partial charge in [0.05, 0.1) is 6.61 Å². The van der Waals surface area contributed by atoms with Gasteiger partial charge in [-0.05, 0) is 25.3 Å². The minimum absolute atomic E-state index is 0.748. The van der Waals surface area contributed by atoms with Gasteiger partial charge in [-0.3, -0.25) is 0 Å². The van der Waals surface area contributed by atoms with Crippen molar-refractivity contribution < 1.29 is 4.74 Å². The molecule has 0 fully saturated rings. The molecule has 3 heteroatoms. The maximum Gasteiger partial charge on any atom is 0.123 e. The highest BCUT2D eigenvalue weighted by atomic mass is 79.9. The van der Waals surface area contributed by atoms with E-state index in [0.717, 1.165) is 42.8 Å². The van der Waals surface area contributed by atoms with Gasteiger partial charge in [-0.25, -0.2) is 0 Å². The molecule has 1 rings (SSSR count). The minimum Gasteiger partial charge on any atom is -0.493 e. The summed E-state index contributed by atoms with van der Waals surface area (Å²) in [6.07, 6.45) is 3.29. The van der Waals surface area contributed by atoms with Crippen molar-refractivity contribution in [1.29, 1.82) is 0 Å². The van der Waals surface area contributed by atoms with Crippen molar-refractivity contribution in [1.82, 2.24) is 0 Å². The number of alkyl halides is 2. The summed E-state index contributed by atoms with van der Waals surface area (Å²) in [5.41, 5.74) is 1.20. The van der Waals surface area contributed by atoms with E-state index in [4.69, 9.17) is 16.3 Å². The molecule has 15 heavy (non-hydrogen) atoms. The lowest BCUT2D eigenvalue weighted by molar-refractivity contribution is 0.304. The van der Waals surface area contributed by atoms with Crippen LogP contribution in [0.5, 0.6) is 5.75 Å². The number of para-hydroxylation sites is 1. The van der Waals surface area contributed by atoms with E-state index in [1.807, 2.05) is 18.2 Å². The van der Waals surface area contributed by atoms with Gasteiger partial charge in [-0.15, -0.1) is 11.6 Å². The number of rotatable bonds is 7. The van der Waals surface area contributed by atoms with Gasteiger partial charge in [0.25, 0.3) is 0 Å². The summed E-state index contributed by atoms with van der Waals surface area (Å²) in [5, 5.41) is 0.838. The Morgan fingerprint density at radius 1 is 1.13 bits per heavy atom. The third kappa shape index (κ3) is 4.89. The average Bonchev–Trinajstić information content (AvgIpc) is 2.29. The van der Waals surface area contributed by atoms with Crippen LogP contribution < -0.4 is 4.74 Å². The van der Waals surface area contributed by atoms with Crippen LogP contribution in [0.1, 0.15) is 24.8 Å². The lowest BCUT2D eigenvalue weighted by Gasteiger charge is -2.09. The zero-order chi connectivity index (χ0) is 10.9. The van der Waals surface area contributed by atoms with Crippen molar-refractivity contribution in [3.05, 3.63) is 29.8 Å². The zero-order valence-electron chi connectivity index (χ0n) is 8.72. The number of hydrogen-bond donors (Lipinski definition) is 0. The third-order valence-electron chi connectivity index (χ3n) is 2.15. The molecule has 84 valence electrons. The molecule has 0 aliphatic heterocycles. The van der Waals surface area contributed by atoms with E-state index in [2.05, 4.69) is 22.0 Å². The lowest BCUT2D eigenvalue weighted by Crippen LogP contribution is -1.99. The van der Waals surface area contributed by atoms with E-state index >= 15 is 0 Å². The highest BCUT2D eigenvalue weighted by Crippen LogP contribution is 2.20. The second-order valence-corrected chi connectivity index (χ2v) is 4.28. The molecule has 0 N–H and O–H groups in total. The van der Waals surface area contributed by atoms with E-state index in [-0.39, 0.29) is 0 Å². The van der Waals surface area contributed by atoms with Crippen LogP contribution in [0.3, 0.4) is 0 Å². The summed E-state index contributed by atoms with van der Waals surface area (Å²) < 4.78 is 5.70. The molecule has 1 aromatic carbocycles. The van der Waals surface area contributed by atoms with Crippen molar-refractivity contribution in [2.45, 2.75) is 24.6 Å². The molecule has 0 saturated heterocycles. The van der Waals surface area contributed by atoms with Crippen LogP contribution >= 0.6 is 27.5 Å². The fourth-order valence-electron chi connectivity index (χ4n) is 1.31. The Morgan fingerprint density at radius 3 is 2.67 bits per heavy atom. The molecular formula is C12H16BrClO. The van der Waals surface area contributed by atoms with Gasteiger partial charge in [0, 0.05) is 16.8 Å². The molecule has 1 aromatic rings. The maximum absolute atomic E-state index is 5.70. The van der Waals surface area contributed by atoms with Crippen molar-refractivity contribution in [2.75, 3.05) is 12.5 Å². The predicted molar refractivity (Wildman–Crippen MR) is 69.1 cm³/mol. The van der Waals surface area contributed by atoms with Crippen LogP contribution in [0, 0.1) is 0 Å². The average molecular weight is 292 g/mol. The molecule has 0 amide bonds. The first-order chi connectivity index (χ1) is 7.38. The molecule has 0 radical (unpaired) electrons. The van der Waals surface area contributed by atoms with Gasteiger partial charge < -0.3 is 4.74 Å². The summed E-state index contributed by atoms with van der Waals surface area (Å²) in [7, 11) is 0. The van der Waals surface area contributed by atoms with Crippen molar-refractivity contribution >= 4 is 27.5 Å². The lowest BCUT2D eigenvalue weighted by atomic mass is 10.2. The number of unbranched alkanes of at least 4 members (excludes halogenated alkanes) is 2. The first kappa shape index (κ1) is 12.9. The van der Waals surface area contributed by atoms with E-state index in [1.165, 1.54) is 5.56 Å². The monoisotopic (exact) mass is 290 g/mol. The van der Waals surface area contributed by atoms with Crippen LogP contribution in [0.4, 0.5) is 0 Å². The molecule has 0 bridgehead atoms. The first-order valence-electron chi connectivity index (χ1n) is 5.21. The molecule has 0 spiro atoms. The zero-order valence-corrected chi connectivity index (χ0v) is 11.1. The van der Waals surface area contributed by atoms with Crippen LogP contribution in [0.25, 0.3) is 0 Å². The highest BCUT2D eigenvalue weighted by Gasteiger charge is 2.00. The summed E-state index contributed by atoms with van der Waals surface area (Å²) in [6, 6.07) is 8.11. The van der Waals surface area contributed by atoms with Crippen molar-refractivity contribution in [3.63, 3.8) is 0 Å². The fraction of sp³-hybridized carbons (Fsp3) is 0.500.